The number of rotatable bonds is 6. The predicted molar refractivity (Wildman–Crippen MR) is 140 cm³/mol. The highest BCUT2D eigenvalue weighted by Gasteiger charge is 2.31. The van der Waals surface area contributed by atoms with Gasteiger partial charge in [-0.3, -0.25) is 9.79 Å². The van der Waals surface area contributed by atoms with Gasteiger partial charge in [0.25, 0.3) is 0 Å². The maximum absolute atomic E-state index is 11.7. The van der Waals surface area contributed by atoms with E-state index in [0.717, 1.165) is 52.2 Å². The summed E-state index contributed by atoms with van der Waals surface area (Å²) in [6.07, 6.45) is 3.89. The minimum atomic E-state index is -0.235. The van der Waals surface area contributed by atoms with Crippen molar-refractivity contribution in [1.82, 2.24) is 0 Å². The molecule has 3 aromatic rings. The Balaban J connectivity index is 1.47. The number of ether oxygens (including phenoxy) is 3. The molecule has 186 valence electrons. The van der Waals surface area contributed by atoms with Crippen LogP contribution in [0.25, 0.3) is 11.1 Å². The van der Waals surface area contributed by atoms with E-state index in [9.17, 15) is 9.90 Å². The van der Waals surface area contributed by atoms with Gasteiger partial charge in [-0.2, -0.15) is 0 Å². The van der Waals surface area contributed by atoms with Crippen LogP contribution in [0.4, 0.5) is 0 Å². The summed E-state index contributed by atoms with van der Waals surface area (Å²) in [7, 11) is 3.19. The SMILES string of the molecule is CN=Cc1ccc2c(c1-c1c(C)cc(O)cc1C)CCC2Oc1ccc2c(c1)OCC2CC(=O)OC. The summed E-state index contributed by atoms with van der Waals surface area (Å²) in [4.78, 5) is 16.0. The summed E-state index contributed by atoms with van der Waals surface area (Å²) < 4.78 is 17.2. The Morgan fingerprint density at radius 1 is 1.11 bits per heavy atom. The number of hydrogen-bond donors (Lipinski definition) is 1. The van der Waals surface area contributed by atoms with Gasteiger partial charge < -0.3 is 19.3 Å². The van der Waals surface area contributed by atoms with E-state index >= 15 is 0 Å². The summed E-state index contributed by atoms with van der Waals surface area (Å²) in [6, 6.07) is 13.8. The third-order valence-corrected chi connectivity index (χ3v) is 7.20. The number of carbonyl (C=O) groups excluding carboxylic acids is 1. The molecule has 36 heavy (non-hydrogen) atoms. The van der Waals surface area contributed by atoms with Crippen LogP contribution in [0.15, 0.2) is 47.5 Å². The molecule has 5 rings (SSSR count). The van der Waals surface area contributed by atoms with Crippen LogP contribution in [0.5, 0.6) is 17.2 Å². The van der Waals surface area contributed by atoms with Gasteiger partial charge in [-0.25, -0.2) is 0 Å². The molecular weight excluding hydrogens is 454 g/mol. The molecule has 0 spiro atoms. The first kappa shape index (κ1) is 23.9. The molecule has 3 aromatic carbocycles. The van der Waals surface area contributed by atoms with Gasteiger partial charge in [0.1, 0.15) is 23.4 Å². The second kappa shape index (κ2) is 9.69. The zero-order valence-electron chi connectivity index (χ0n) is 21.1. The number of carbonyl (C=O) groups is 1. The summed E-state index contributed by atoms with van der Waals surface area (Å²) in [5.41, 5.74) is 8.91. The van der Waals surface area contributed by atoms with Crippen LogP contribution in [0.3, 0.4) is 0 Å². The molecule has 2 unspecified atom stereocenters. The predicted octanol–water partition coefficient (Wildman–Crippen LogP) is 5.83. The lowest BCUT2D eigenvalue weighted by atomic mass is 9.87. The number of esters is 1. The van der Waals surface area contributed by atoms with Crippen molar-refractivity contribution in [3.05, 3.63) is 75.8 Å². The minimum Gasteiger partial charge on any atom is -0.508 e. The van der Waals surface area contributed by atoms with E-state index in [1.165, 1.54) is 23.8 Å². The number of phenols is 1. The molecule has 0 aromatic heterocycles. The van der Waals surface area contributed by atoms with E-state index in [0.29, 0.717) is 13.0 Å². The number of phenolic OH excluding ortho intramolecular Hbond substituents is 1. The average Bonchev–Trinajstić information content (AvgIpc) is 3.43. The molecule has 0 bridgehead atoms. The van der Waals surface area contributed by atoms with E-state index in [1.807, 2.05) is 50.4 Å². The number of benzene rings is 3. The first-order chi connectivity index (χ1) is 17.4. The van der Waals surface area contributed by atoms with Gasteiger partial charge in [-0.05, 0) is 78.3 Å². The zero-order chi connectivity index (χ0) is 25.4. The Morgan fingerprint density at radius 2 is 1.86 bits per heavy atom. The van der Waals surface area contributed by atoms with E-state index < -0.39 is 0 Å². The number of aryl methyl sites for hydroxylation is 2. The third-order valence-electron chi connectivity index (χ3n) is 7.20. The Morgan fingerprint density at radius 3 is 2.58 bits per heavy atom. The van der Waals surface area contributed by atoms with Gasteiger partial charge in [0.05, 0.1) is 20.1 Å². The number of aliphatic imine (C=N–C) groups is 1. The zero-order valence-corrected chi connectivity index (χ0v) is 21.1. The van der Waals surface area contributed by atoms with Crippen molar-refractivity contribution >= 4 is 12.2 Å². The minimum absolute atomic E-state index is 0.00621. The molecule has 2 atom stereocenters. The fourth-order valence-electron chi connectivity index (χ4n) is 5.63. The normalized spacial score (nSPS) is 18.1. The maximum Gasteiger partial charge on any atom is 0.306 e. The van der Waals surface area contributed by atoms with Crippen molar-refractivity contribution in [1.29, 1.82) is 0 Å². The van der Waals surface area contributed by atoms with Crippen LogP contribution >= 0.6 is 0 Å². The molecule has 6 nitrogen and oxygen atoms in total. The Bertz CT molecular complexity index is 1340. The molecule has 0 amide bonds. The molecule has 0 fully saturated rings. The highest BCUT2D eigenvalue weighted by molar-refractivity contribution is 5.94. The number of hydrogen-bond acceptors (Lipinski definition) is 6. The van der Waals surface area contributed by atoms with Crippen molar-refractivity contribution in [2.45, 2.75) is 45.1 Å². The Hall–Kier alpha value is -3.80. The average molecular weight is 486 g/mol. The second-order valence-electron chi connectivity index (χ2n) is 9.57. The van der Waals surface area contributed by atoms with Crippen molar-refractivity contribution in [2.24, 2.45) is 4.99 Å². The smallest absolute Gasteiger partial charge is 0.306 e. The Kier molecular flexibility index (Phi) is 6.44. The number of aromatic hydroxyl groups is 1. The summed E-state index contributed by atoms with van der Waals surface area (Å²) in [6.45, 7) is 4.54. The van der Waals surface area contributed by atoms with E-state index in [1.54, 1.807) is 7.05 Å². The fourth-order valence-corrected chi connectivity index (χ4v) is 5.63. The molecule has 0 saturated heterocycles. The van der Waals surface area contributed by atoms with Crippen LogP contribution < -0.4 is 9.47 Å². The first-order valence-electron chi connectivity index (χ1n) is 12.3. The third kappa shape index (κ3) is 4.32. The first-order valence-corrected chi connectivity index (χ1v) is 12.3. The van der Waals surface area contributed by atoms with E-state index in [2.05, 4.69) is 17.1 Å². The second-order valence-corrected chi connectivity index (χ2v) is 9.57. The molecule has 1 N–H and O–H groups in total. The van der Waals surface area contributed by atoms with Gasteiger partial charge in [-0.15, -0.1) is 0 Å². The van der Waals surface area contributed by atoms with Crippen LogP contribution in [-0.4, -0.2) is 38.1 Å². The molecule has 1 aliphatic heterocycles. The van der Waals surface area contributed by atoms with Gasteiger partial charge in [0.2, 0.25) is 0 Å². The summed E-state index contributed by atoms with van der Waals surface area (Å²) in [5.74, 6) is 1.57. The highest BCUT2D eigenvalue weighted by atomic mass is 16.5. The van der Waals surface area contributed by atoms with Gasteiger partial charge in [-0.1, -0.05) is 18.2 Å². The molecule has 2 aliphatic rings. The van der Waals surface area contributed by atoms with Crippen molar-refractivity contribution in [3.8, 4) is 28.4 Å². The number of methoxy groups -OCH3 is 1. The lowest BCUT2D eigenvalue weighted by Crippen LogP contribution is -2.09. The van der Waals surface area contributed by atoms with Gasteiger partial charge in [0.15, 0.2) is 0 Å². The molecule has 0 saturated carbocycles. The molecular formula is C30H31NO5. The molecule has 1 heterocycles. The van der Waals surface area contributed by atoms with Crippen molar-refractivity contribution in [2.75, 3.05) is 20.8 Å². The molecule has 6 heteroatoms. The summed E-state index contributed by atoms with van der Waals surface area (Å²) in [5, 5.41) is 10.1. The summed E-state index contributed by atoms with van der Waals surface area (Å²) >= 11 is 0. The standard InChI is InChI=1S/C30H31NO5/c1-17-11-21(32)12-18(2)29(17)30-19(15-31-3)5-7-24-25(30)9-10-26(24)36-22-6-8-23-20(13-28(33)34-4)16-35-27(23)14-22/h5-8,11-12,14-15,20,26,32H,9-10,13,16H2,1-4H3. The van der Waals surface area contributed by atoms with Crippen LogP contribution in [0.1, 0.15) is 58.2 Å². The highest BCUT2D eigenvalue weighted by Crippen LogP contribution is 2.45. The monoisotopic (exact) mass is 485 g/mol. The number of nitrogens with zero attached hydrogens (tertiary/aromatic N) is 1. The van der Waals surface area contributed by atoms with E-state index in [-0.39, 0.29) is 23.7 Å². The van der Waals surface area contributed by atoms with Crippen LogP contribution in [0, 0.1) is 13.8 Å². The van der Waals surface area contributed by atoms with Crippen LogP contribution in [0.2, 0.25) is 0 Å². The van der Waals surface area contributed by atoms with Crippen LogP contribution in [-0.2, 0) is 16.0 Å². The lowest BCUT2D eigenvalue weighted by Gasteiger charge is -2.20. The van der Waals surface area contributed by atoms with E-state index in [4.69, 9.17) is 14.2 Å². The maximum atomic E-state index is 11.7. The van der Waals surface area contributed by atoms with Crippen molar-refractivity contribution in [3.63, 3.8) is 0 Å². The quantitative estimate of drug-likeness (QED) is 0.351. The largest absolute Gasteiger partial charge is 0.508 e. The topological polar surface area (TPSA) is 77.4 Å². The Labute approximate surface area is 211 Å². The van der Waals surface area contributed by atoms with Gasteiger partial charge >= 0.3 is 5.97 Å². The fraction of sp³-hybridized carbons (Fsp3) is 0.333. The lowest BCUT2D eigenvalue weighted by molar-refractivity contribution is -0.141. The number of fused-ring (bicyclic) bond motifs is 2. The molecule has 0 radical (unpaired) electrons. The van der Waals surface area contributed by atoms with Crippen molar-refractivity contribution < 1.29 is 24.1 Å². The van der Waals surface area contributed by atoms with Gasteiger partial charge in [0, 0.05) is 36.4 Å². The molecule has 1 aliphatic carbocycles.